The molecule has 0 aromatic heterocycles. The number of benzene rings is 1. The first kappa shape index (κ1) is 13.5. The van der Waals surface area contributed by atoms with Crippen molar-refractivity contribution in [3.8, 4) is 11.8 Å². The molecule has 106 valence electrons. The van der Waals surface area contributed by atoms with Crippen LogP contribution in [0.4, 0.5) is 0 Å². The van der Waals surface area contributed by atoms with Crippen LogP contribution in [0.1, 0.15) is 36.8 Å². The van der Waals surface area contributed by atoms with Crippen LogP contribution in [0, 0.1) is 29.1 Å². The summed E-state index contributed by atoms with van der Waals surface area (Å²) in [6.07, 6.45) is 5.81. The fourth-order valence-corrected chi connectivity index (χ4v) is 3.97. The zero-order valence-electron chi connectivity index (χ0n) is 12.1. The minimum atomic E-state index is 0.601. The summed E-state index contributed by atoms with van der Waals surface area (Å²) in [5, 5.41) is 12.6. The van der Waals surface area contributed by atoms with Gasteiger partial charge in [-0.3, -0.25) is 0 Å². The van der Waals surface area contributed by atoms with Crippen molar-refractivity contribution in [2.75, 3.05) is 13.7 Å². The summed E-state index contributed by atoms with van der Waals surface area (Å²) < 4.78 is 5.25. The maximum atomic E-state index is 8.97. The SMILES string of the molecule is COc1cc(CNCC2CC3CCC2C3)ccc1C#N. The highest BCUT2D eigenvalue weighted by Gasteiger charge is 2.38. The van der Waals surface area contributed by atoms with E-state index in [2.05, 4.69) is 11.4 Å². The van der Waals surface area contributed by atoms with Crippen LogP contribution in [0.3, 0.4) is 0 Å². The fourth-order valence-electron chi connectivity index (χ4n) is 3.97. The third kappa shape index (κ3) is 2.66. The predicted molar refractivity (Wildman–Crippen MR) is 78.4 cm³/mol. The van der Waals surface area contributed by atoms with Gasteiger partial charge >= 0.3 is 0 Å². The van der Waals surface area contributed by atoms with Gasteiger partial charge in [0.2, 0.25) is 0 Å². The Labute approximate surface area is 120 Å². The molecule has 0 heterocycles. The van der Waals surface area contributed by atoms with Crippen molar-refractivity contribution >= 4 is 0 Å². The quantitative estimate of drug-likeness (QED) is 0.894. The molecule has 2 aliphatic rings. The minimum Gasteiger partial charge on any atom is -0.495 e. The van der Waals surface area contributed by atoms with Crippen molar-refractivity contribution in [1.82, 2.24) is 5.32 Å². The van der Waals surface area contributed by atoms with Gasteiger partial charge in [-0.15, -0.1) is 0 Å². The van der Waals surface area contributed by atoms with Gasteiger partial charge in [-0.1, -0.05) is 12.5 Å². The summed E-state index contributed by atoms with van der Waals surface area (Å²) in [5.41, 5.74) is 1.79. The lowest BCUT2D eigenvalue weighted by atomic mass is 9.89. The number of hydrogen-bond donors (Lipinski definition) is 1. The third-order valence-corrected chi connectivity index (χ3v) is 5.01. The van der Waals surface area contributed by atoms with Crippen molar-refractivity contribution in [3.05, 3.63) is 29.3 Å². The van der Waals surface area contributed by atoms with E-state index >= 15 is 0 Å². The molecule has 3 atom stereocenters. The molecule has 0 aliphatic heterocycles. The number of nitriles is 1. The molecule has 0 amide bonds. The second-order valence-corrected chi connectivity index (χ2v) is 6.21. The Morgan fingerprint density at radius 1 is 1.35 bits per heavy atom. The Morgan fingerprint density at radius 3 is 2.90 bits per heavy atom. The molecule has 2 saturated carbocycles. The Bertz CT molecular complexity index is 520. The number of fused-ring (bicyclic) bond motifs is 2. The van der Waals surface area contributed by atoms with Gasteiger partial charge < -0.3 is 10.1 Å². The molecule has 20 heavy (non-hydrogen) atoms. The zero-order valence-corrected chi connectivity index (χ0v) is 12.1. The molecule has 0 saturated heterocycles. The number of hydrogen-bond acceptors (Lipinski definition) is 3. The van der Waals surface area contributed by atoms with E-state index in [1.165, 1.54) is 31.2 Å². The highest BCUT2D eigenvalue weighted by Crippen LogP contribution is 2.47. The number of methoxy groups -OCH3 is 1. The topological polar surface area (TPSA) is 45.0 Å². The zero-order chi connectivity index (χ0) is 13.9. The van der Waals surface area contributed by atoms with Gasteiger partial charge in [-0.2, -0.15) is 5.26 Å². The van der Waals surface area contributed by atoms with E-state index in [1.54, 1.807) is 7.11 Å². The van der Waals surface area contributed by atoms with Crippen LogP contribution >= 0.6 is 0 Å². The minimum absolute atomic E-state index is 0.601. The standard InChI is InChI=1S/C17H22N2O/c1-20-17-8-13(3-5-15(17)9-18)10-19-11-16-7-12-2-4-14(16)6-12/h3,5,8,12,14,16,19H,2,4,6-7,10-11H2,1H3. The van der Waals surface area contributed by atoms with Gasteiger partial charge in [0.1, 0.15) is 11.8 Å². The molecule has 1 aromatic carbocycles. The second-order valence-electron chi connectivity index (χ2n) is 6.21. The summed E-state index contributed by atoms with van der Waals surface area (Å²) in [4.78, 5) is 0. The monoisotopic (exact) mass is 270 g/mol. The molecule has 2 bridgehead atoms. The lowest BCUT2D eigenvalue weighted by Gasteiger charge is -2.22. The number of rotatable bonds is 5. The molecule has 3 heteroatoms. The summed E-state index contributed by atoms with van der Waals surface area (Å²) >= 11 is 0. The van der Waals surface area contributed by atoms with Crippen LogP contribution in [-0.2, 0) is 6.54 Å². The van der Waals surface area contributed by atoms with Gasteiger partial charge in [0, 0.05) is 6.54 Å². The highest BCUT2D eigenvalue weighted by atomic mass is 16.5. The lowest BCUT2D eigenvalue weighted by Crippen LogP contribution is -2.26. The molecule has 0 radical (unpaired) electrons. The van der Waals surface area contributed by atoms with Crippen LogP contribution in [0.25, 0.3) is 0 Å². The van der Waals surface area contributed by atoms with E-state index in [4.69, 9.17) is 10.00 Å². The van der Waals surface area contributed by atoms with Crippen LogP contribution in [0.2, 0.25) is 0 Å². The molecule has 2 fully saturated rings. The van der Waals surface area contributed by atoms with E-state index in [0.717, 1.165) is 30.8 Å². The van der Waals surface area contributed by atoms with Crippen molar-refractivity contribution in [3.63, 3.8) is 0 Å². The number of nitrogens with zero attached hydrogens (tertiary/aromatic N) is 1. The molecular formula is C17H22N2O. The number of ether oxygens (including phenoxy) is 1. The largest absolute Gasteiger partial charge is 0.495 e. The average molecular weight is 270 g/mol. The maximum absolute atomic E-state index is 8.97. The Hall–Kier alpha value is -1.53. The molecular weight excluding hydrogens is 248 g/mol. The first-order valence-corrected chi connectivity index (χ1v) is 7.58. The summed E-state index contributed by atoms with van der Waals surface area (Å²) in [6.45, 7) is 1.99. The first-order valence-electron chi connectivity index (χ1n) is 7.58. The summed E-state index contributed by atoms with van der Waals surface area (Å²) in [5.74, 6) is 3.55. The third-order valence-electron chi connectivity index (χ3n) is 5.01. The van der Waals surface area contributed by atoms with E-state index in [1.807, 2.05) is 18.2 Å². The predicted octanol–water partition coefficient (Wildman–Crippen LogP) is 3.09. The fraction of sp³-hybridized carbons (Fsp3) is 0.588. The summed E-state index contributed by atoms with van der Waals surface area (Å²) in [6, 6.07) is 7.96. The Kier molecular flexibility index (Phi) is 3.93. The van der Waals surface area contributed by atoms with Gasteiger partial charge in [0.05, 0.1) is 12.7 Å². The smallest absolute Gasteiger partial charge is 0.136 e. The van der Waals surface area contributed by atoms with Crippen molar-refractivity contribution in [2.24, 2.45) is 17.8 Å². The van der Waals surface area contributed by atoms with Crippen LogP contribution in [0.5, 0.6) is 5.75 Å². The summed E-state index contributed by atoms with van der Waals surface area (Å²) in [7, 11) is 1.61. The van der Waals surface area contributed by atoms with E-state index in [9.17, 15) is 0 Å². The van der Waals surface area contributed by atoms with Crippen LogP contribution in [0.15, 0.2) is 18.2 Å². The van der Waals surface area contributed by atoms with Crippen molar-refractivity contribution in [2.45, 2.75) is 32.2 Å². The van der Waals surface area contributed by atoms with Gasteiger partial charge in [-0.25, -0.2) is 0 Å². The van der Waals surface area contributed by atoms with Crippen molar-refractivity contribution in [1.29, 1.82) is 5.26 Å². The molecule has 1 N–H and O–H groups in total. The van der Waals surface area contributed by atoms with E-state index in [-0.39, 0.29) is 0 Å². The first-order chi connectivity index (χ1) is 9.80. The number of nitrogens with one attached hydrogen (secondary N) is 1. The molecule has 3 unspecified atom stereocenters. The maximum Gasteiger partial charge on any atom is 0.136 e. The van der Waals surface area contributed by atoms with Gasteiger partial charge in [0.15, 0.2) is 0 Å². The van der Waals surface area contributed by atoms with E-state index < -0.39 is 0 Å². The normalized spacial score (nSPS) is 27.5. The second kappa shape index (κ2) is 5.85. The Morgan fingerprint density at radius 2 is 2.25 bits per heavy atom. The lowest BCUT2D eigenvalue weighted by molar-refractivity contribution is 0.318. The van der Waals surface area contributed by atoms with Crippen LogP contribution < -0.4 is 10.1 Å². The highest BCUT2D eigenvalue weighted by molar-refractivity contribution is 5.45. The molecule has 0 spiro atoms. The molecule has 3 rings (SSSR count). The molecule has 2 aliphatic carbocycles. The van der Waals surface area contributed by atoms with Gasteiger partial charge in [0.25, 0.3) is 0 Å². The molecule has 1 aromatic rings. The van der Waals surface area contributed by atoms with Crippen LogP contribution in [-0.4, -0.2) is 13.7 Å². The van der Waals surface area contributed by atoms with Crippen molar-refractivity contribution < 1.29 is 4.74 Å². The van der Waals surface area contributed by atoms with E-state index in [0.29, 0.717) is 11.3 Å². The Balaban J connectivity index is 1.52. The van der Waals surface area contributed by atoms with Gasteiger partial charge in [-0.05, 0) is 61.3 Å². The molecule has 3 nitrogen and oxygen atoms in total. The average Bonchev–Trinajstić information content (AvgIpc) is 3.09.